The summed E-state index contributed by atoms with van der Waals surface area (Å²) in [7, 11) is 1.67. The summed E-state index contributed by atoms with van der Waals surface area (Å²) in [4.78, 5) is 31.4. The van der Waals surface area contributed by atoms with Crippen molar-refractivity contribution in [2.75, 3.05) is 51.2 Å². The Morgan fingerprint density at radius 2 is 1.71 bits per heavy atom. The zero-order valence-electron chi connectivity index (χ0n) is 18.5. The Morgan fingerprint density at radius 3 is 2.45 bits per heavy atom. The molecule has 2 aromatic rings. The molecule has 2 heterocycles. The van der Waals surface area contributed by atoms with Gasteiger partial charge in [-0.1, -0.05) is 30.3 Å². The second kappa shape index (κ2) is 9.41. The van der Waals surface area contributed by atoms with E-state index in [1.54, 1.807) is 7.05 Å². The van der Waals surface area contributed by atoms with Gasteiger partial charge in [-0.25, -0.2) is 4.79 Å². The number of nitrogens with one attached hydrogen (secondary N) is 1. The Kier molecular flexibility index (Phi) is 6.44. The number of urea groups is 1. The van der Waals surface area contributed by atoms with Crippen molar-refractivity contribution in [1.29, 1.82) is 0 Å². The Hall–Kier alpha value is -3.02. The normalized spacial score (nSPS) is 19.3. The maximum Gasteiger partial charge on any atom is 0.317 e. The third-order valence-corrected chi connectivity index (χ3v) is 6.55. The molecule has 0 saturated carbocycles. The molecule has 1 atom stereocenters. The van der Waals surface area contributed by atoms with Gasteiger partial charge in [-0.05, 0) is 49.1 Å². The third kappa shape index (κ3) is 4.68. The smallest absolute Gasteiger partial charge is 0.317 e. The number of piperazine rings is 1. The second-order valence-corrected chi connectivity index (χ2v) is 8.53. The van der Waals surface area contributed by atoms with Gasteiger partial charge in [-0.15, -0.1) is 0 Å². The van der Waals surface area contributed by atoms with Crippen LogP contribution in [0.4, 0.5) is 10.5 Å². The topological polar surface area (TPSA) is 55.9 Å². The Bertz CT molecular complexity index is 937. The first-order chi connectivity index (χ1) is 15.1. The first-order valence-electron chi connectivity index (χ1n) is 11.2. The van der Waals surface area contributed by atoms with E-state index < -0.39 is 0 Å². The number of para-hydroxylation sites is 1. The lowest BCUT2D eigenvalue weighted by Gasteiger charge is -2.37. The summed E-state index contributed by atoms with van der Waals surface area (Å²) in [6.45, 7) is 6.78. The molecule has 2 fully saturated rings. The predicted octanol–water partition coefficient (Wildman–Crippen LogP) is 3.48. The number of hydrogen-bond donors (Lipinski definition) is 1. The number of carbonyl (C=O) groups is 2. The molecule has 0 aliphatic carbocycles. The Balaban J connectivity index is 1.41. The highest BCUT2D eigenvalue weighted by Crippen LogP contribution is 2.28. The minimum absolute atomic E-state index is 0.0246. The lowest BCUT2D eigenvalue weighted by atomic mass is 9.89. The van der Waals surface area contributed by atoms with Gasteiger partial charge in [0.1, 0.15) is 0 Å². The number of amides is 3. The first-order valence-corrected chi connectivity index (χ1v) is 11.2. The molecule has 2 aliphatic rings. The maximum absolute atomic E-state index is 13.2. The number of nitrogens with zero attached hydrogens (tertiary/aromatic N) is 3. The van der Waals surface area contributed by atoms with Crippen LogP contribution in [0.2, 0.25) is 0 Å². The van der Waals surface area contributed by atoms with Crippen LogP contribution >= 0.6 is 0 Å². The molecule has 0 spiro atoms. The standard InChI is InChI=1S/C25H32N4O2/c1-19-7-3-4-11-23(19)27-13-15-28(16-14-27)24(30)21-9-5-8-20(17-21)22-10-6-12-29(18-22)25(31)26-2/h3-5,7-9,11,17,22H,6,10,12-16,18H2,1-2H3,(H,26,31)/t22-/m0/s1. The molecule has 0 radical (unpaired) electrons. The van der Waals surface area contributed by atoms with Gasteiger partial charge in [0.2, 0.25) is 0 Å². The van der Waals surface area contributed by atoms with E-state index >= 15 is 0 Å². The maximum atomic E-state index is 13.2. The van der Waals surface area contributed by atoms with E-state index in [0.29, 0.717) is 6.54 Å². The third-order valence-electron chi connectivity index (χ3n) is 6.55. The summed E-state index contributed by atoms with van der Waals surface area (Å²) >= 11 is 0. The van der Waals surface area contributed by atoms with E-state index in [9.17, 15) is 9.59 Å². The predicted molar refractivity (Wildman–Crippen MR) is 124 cm³/mol. The molecule has 6 nitrogen and oxygen atoms in total. The van der Waals surface area contributed by atoms with Crippen molar-refractivity contribution in [3.8, 4) is 0 Å². The molecule has 2 aliphatic heterocycles. The van der Waals surface area contributed by atoms with Gasteiger partial charge in [0.25, 0.3) is 5.91 Å². The van der Waals surface area contributed by atoms with Crippen LogP contribution in [0.1, 0.15) is 40.2 Å². The molecule has 31 heavy (non-hydrogen) atoms. The quantitative estimate of drug-likeness (QED) is 0.827. The fraction of sp³-hybridized carbons (Fsp3) is 0.440. The number of likely N-dealkylation sites (tertiary alicyclic amines) is 1. The summed E-state index contributed by atoms with van der Waals surface area (Å²) in [6, 6.07) is 16.4. The van der Waals surface area contributed by atoms with Crippen molar-refractivity contribution in [2.45, 2.75) is 25.7 Å². The molecule has 1 N–H and O–H groups in total. The van der Waals surface area contributed by atoms with Crippen LogP contribution in [-0.4, -0.2) is 68.1 Å². The number of anilines is 1. The van der Waals surface area contributed by atoms with E-state index in [-0.39, 0.29) is 17.9 Å². The van der Waals surface area contributed by atoms with Gasteiger partial charge in [-0.3, -0.25) is 4.79 Å². The highest BCUT2D eigenvalue weighted by atomic mass is 16.2. The molecule has 0 unspecified atom stereocenters. The van der Waals surface area contributed by atoms with Crippen LogP contribution in [0, 0.1) is 6.92 Å². The number of benzene rings is 2. The molecule has 0 aromatic heterocycles. The van der Waals surface area contributed by atoms with Crippen LogP contribution < -0.4 is 10.2 Å². The van der Waals surface area contributed by atoms with Crippen LogP contribution in [0.25, 0.3) is 0 Å². The molecule has 0 bridgehead atoms. The summed E-state index contributed by atoms with van der Waals surface area (Å²) in [5, 5.41) is 2.72. The number of hydrogen-bond acceptors (Lipinski definition) is 3. The monoisotopic (exact) mass is 420 g/mol. The fourth-order valence-corrected chi connectivity index (χ4v) is 4.77. The average molecular weight is 421 g/mol. The van der Waals surface area contributed by atoms with E-state index in [0.717, 1.165) is 56.7 Å². The lowest BCUT2D eigenvalue weighted by Crippen LogP contribution is -2.49. The highest BCUT2D eigenvalue weighted by Gasteiger charge is 2.26. The van der Waals surface area contributed by atoms with Crippen LogP contribution in [0.3, 0.4) is 0 Å². The molecule has 164 valence electrons. The largest absolute Gasteiger partial charge is 0.368 e. The number of carbonyl (C=O) groups excluding carboxylic acids is 2. The SMILES string of the molecule is CNC(=O)N1CCC[C@H](c2cccc(C(=O)N3CCN(c4ccccc4C)CC3)c2)C1. The van der Waals surface area contributed by atoms with Crippen LogP contribution in [0.15, 0.2) is 48.5 Å². The lowest BCUT2D eigenvalue weighted by molar-refractivity contribution is 0.0746. The highest BCUT2D eigenvalue weighted by molar-refractivity contribution is 5.94. The van der Waals surface area contributed by atoms with Crippen molar-refractivity contribution < 1.29 is 9.59 Å². The van der Waals surface area contributed by atoms with Crippen LogP contribution in [-0.2, 0) is 0 Å². The zero-order chi connectivity index (χ0) is 21.8. The van der Waals surface area contributed by atoms with Crippen molar-refractivity contribution in [1.82, 2.24) is 15.1 Å². The summed E-state index contributed by atoms with van der Waals surface area (Å²) in [6.07, 6.45) is 2.03. The first kappa shape index (κ1) is 21.2. The molecule has 4 rings (SSSR count). The van der Waals surface area contributed by atoms with Gasteiger partial charge >= 0.3 is 6.03 Å². The summed E-state index contributed by atoms with van der Waals surface area (Å²) in [5.74, 6) is 0.377. The van der Waals surface area contributed by atoms with Gasteiger partial charge < -0.3 is 20.0 Å². The number of rotatable bonds is 3. The number of aryl methyl sites for hydroxylation is 1. The minimum atomic E-state index is -0.0246. The van der Waals surface area contributed by atoms with E-state index in [1.807, 2.05) is 28.0 Å². The molecular weight excluding hydrogens is 388 g/mol. The Morgan fingerprint density at radius 1 is 0.935 bits per heavy atom. The minimum Gasteiger partial charge on any atom is -0.368 e. The average Bonchev–Trinajstić information content (AvgIpc) is 2.83. The molecule has 3 amide bonds. The molecule has 2 saturated heterocycles. The van der Waals surface area contributed by atoms with Crippen molar-refractivity contribution in [3.63, 3.8) is 0 Å². The molecule has 6 heteroatoms. The van der Waals surface area contributed by atoms with E-state index in [1.165, 1.54) is 11.3 Å². The molecular formula is C25H32N4O2. The van der Waals surface area contributed by atoms with E-state index in [2.05, 4.69) is 47.5 Å². The van der Waals surface area contributed by atoms with E-state index in [4.69, 9.17) is 0 Å². The second-order valence-electron chi connectivity index (χ2n) is 8.53. The van der Waals surface area contributed by atoms with Gasteiger partial charge in [-0.2, -0.15) is 0 Å². The van der Waals surface area contributed by atoms with Gasteiger partial charge in [0, 0.05) is 63.5 Å². The van der Waals surface area contributed by atoms with Crippen LogP contribution in [0.5, 0.6) is 0 Å². The van der Waals surface area contributed by atoms with Crippen molar-refractivity contribution in [3.05, 3.63) is 65.2 Å². The zero-order valence-corrected chi connectivity index (χ0v) is 18.5. The van der Waals surface area contributed by atoms with Crippen molar-refractivity contribution >= 4 is 17.6 Å². The molecule has 2 aromatic carbocycles. The summed E-state index contributed by atoms with van der Waals surface area (Å²) in [5.41, 5.74) is 4.43. The summed E-state index contributed by atoms with van der Waals surface area (Å²) < 4.78 is 0. The van der Waals surface area contributed by atoms with Gasteiger partial charge in [0.15, 0.2) is 0 Å². The Labute approximate surface area is 184 Å². The fourth-order valence-electron chi connectivity index (χ4n) is 4.77. The van der Waals surface area contributed by atoms with Gasteiger partial charge in [0.05, 0.1) is 0 Å². The van der Waals surface area contributed by atoms with Crippen molar-refractivity contribution in [2.24, 2.45) is 0 Å². The number of piperidine rings is 1.